The molecule has 0 radical (unpaired) electrons. The van der Waals surface area contributed by atoms with Crippen LogP contribution < -0.4 is 56.3 Å². The standard InChI is InChI=1S/C9H21P.K.H3O3P.H2O/c1-4-7-10(8-5-2)9-6-3;;1-4(2)3;/h4-9H2,1-3H3;;4H,(H2,1,2,3);1H2/q;+1;;/p-1. The average Bonchev–Trinajstić information content (AvgIpc) is 2.04. The Hall–Kier alpha value is 2.18. The van der Waals surface area contributed by atoms with E-state index < -0.39 is 8.25 Å². The van der Waals surface area contributed by atoms with Crippen molar-refractivity contribution in [1.82, 2.24) is 0 Å². The molecule has 0 amide bonds. The zero-order valence-electron chi connectivity index (χ0n) is 11.0. The molecule has 0 bridgehead atoms. The molecule has 4 nitrogen and oxygen atoms in total. The maximum absolute atomic E-state index is 8.63. The minimum absolute atomic E-state index is 0. The Morgan fingerprint density at radius 2 is 1.25 bits per heavy atom. The zero-order chi connectivity index (χ0) is 11.4. The topological polar surface area (TPSA) is 91.9 Å². The van der Waals surface area contributed by atoms with Crippen LogP contribution in [0.25, 0.3) is 0 Å². The molecule has 0 aliphatic heterocycles. The molecule has 7 heteroatoms. The van der Waals surface area contributed by atoms with Gasteiger partial charge in [0.15, 0.2) is 0 Å². The van der Waals surface area contributed by atoms with Crippen LogP contribution in [0.4, 0.5) is 0 Å². The first kappa shape index (κ1) is 26.7. The van der Waals surface area contributed by atoms with Gasteiger partial charge in [-0.25, -0.2) is 0 Å². The maximum Gasteiger partial charge on any atom is 1.00 e. The van der Waals surface area contributed by atoms with Crippen LogP contribution in [0.15, 0.2) is 0 Å². The first-order chi connectivity index (χ1) is 6.58. The summed E-state index contributed by atoms with van der Waals surface area (Å²) in [6.07, 6.45) is 8.72. The largest absolute Gasteiger partial charge is 1.00 e. The summed E-state index contributed by atoms with van der Waals surface area (Å²) in [5, 5.41) is 0. The molecule has 1 unspecified atom stereocenters. The Kier molecular flexibility index (Phi) is 37.3. The van der Waals surface area contributed by atoms with Crippen LogP contribution in [0.5, 0.6) is 0 Å². The monoisotopic (exact) mass is 298 g/mol. The molecule has 96 valence electrons. The third kappa shape index (κ3) is 29.8. The Labute approximate surface area is 144 Å². The minimum atomic E-state index is -3.38. The Morgan fingerprint density at radius 1 is 1.06 bits per heavy atom. The van der Waals surface area contributed by atoms with E-state index in [-0.39, 0.29) is 56.9 Å². The van der Waals surface area contributed by atoms with E-state index in [9.17, 15) is 0 Å². The van der Waals surface area contributed by atoms with Gasteiger partial charge in [-0.1, -0.05) is 40.0 Å². The van der Waals surface area contributed by atoms with Gasteiger partial charge >= 0.3 is 51.4 Å². The van der Waals surface area contributed by atoms with E-state index in [4.69, 9.17) is 14.4 Å². The van der Waals surface area contributed by atoms with Gasteiger partial charge in [-0.3, -0.25) is 0 Å². The summed E-state index contributed by atoms with van der Waals surface area (Å²) in [6, 6.07) is 0. The second-order valence-electron chi connectivity index (χ2n) is 3.11. The molecule has 0 aromatic carbocycles. The number of hydrogen-bond acceptors (Lipinski definition) is 2. The van der Waals surface area contributed by atoms with Crippen LogP contribution in [0.3, 0.4) is 0 Å². The minimum Gasteiger partial charge on any atom is -0.781 e. The predicted octanol–water partition coefficient (Wildman–Crippen LogP) is -1.39. The molecule has 1 atom stereocenters. The van der Waals surface area contributed by atoms with Gasteiger partial charge < -0.3 is 19.8 Å². The van der Waals surface area contributed by atoms with Crippen LogP contribution in [0, 0.1) is 0 Å². The van der Waals surface area contributed by atoms with Crippen molar-refractivity contribution in [2.45, 2.75) is 40.0 Å². The Morgan fingerprint density at radius 3 is 1.38 bits per heavy atom. The smallest absolute Gasteiger partial charge is 0.781 e. The Bertz CT molecular complexity index is 120. The molecule has 0 aliphatic carbocycles. The van der Waals surface area contributed by atoms with E-state index in [0.29, 0.717) is 7.92 Å². The molecular formula is C9H25KO4P2. The van der Waals surface area contributed by atoms with Crippen molar-refractivity contribution in [2.75, 3.05) is 18.5 Å². The van der Waals surface area contributed by atoms with Crippen molar-refractivity contribution in [3.63, 3.8) is 0 Å². The molecule has 0 saturated heterocycles. The van der Waals surface area contributed by atoms with Crippen LogP contribution in [0.1, 0.15) is 40.0 Å². The Balaban J connectivity index is -0.000000105. The van der Waals surface area contributed by atoms with Crippen molar-refractivity contribution >= 4 is 16.2 Å². The summed E-state index contributed by atoms with van der Waals surface area (Å²) in [7, 11) is -2.94. The molecule has 0 aromatic heterocycles. The van der Waals surface area contributed by atoms with Crippen molar-refractivity contribution in [3.05, 3.63) is 0 Å². The second-order valence-corrected chi connectivity index (χ2v) is 6.32. The van der Waals surface area contributed by atoms with E-state index >= 15 is 0 Å². The fourth-order valence-corrected chi connectivity index (χ4v) is 3.85. The molecular weight excluding hydrogens is 273 g/mol. The van der Waals surface area contributed by atoms with Crippen LogP contribution in [-0.2, 0) is 4.57 Å². The summed E-state index contributed by atoms with van der Waals surface area (Å²) in [4.78, 5) is 15.7. The van der Waals surface area contributed by atoms with Gasteiger partial charge in [0, 0.05) is 0 Å². The SMILES string of the molecule is CCCP(CCC)CCC.O.O=[PH]([O-])O.[K+]. The van der Waals surface area contributed by atoms with E-state index in [1.54, 1.807) is 0 Å². The van der Waals surface area contributed by atoms with Gasteiger partial charge in [-0.05, 0) is 18.5 Å². The summed E-state index contributed by atoms with van der Waals surface area (Å²) >= 11 is 0. The van der Waals surface area contributed by atoms with E-state index in [1.807, 2.05) is 0 Å². The van der Waals surface area contributed by atoms with Crippen LogP contribution >= 0.6 is 16.2 Å². The molecule has 0 heterocycles. The summed E-state index contributed by atoms with van der Waals surface area (Å²) in [5.74, 6) is 0. The van der Waals surface area contributed by atoms with E-state index in [0.717, 1.165) is 0 Å². The van der Waals surface area contributed by atoms with Gasteiger partial charge in [-0.15, -0.1) is 7.92 Å². The third-order valence-corrected chi connectivity index (χ3v) is 4.86. The quantitative estimate of drug-likeness (QED) is 0.483. The summed E-state index contributed by atoms with van der Waals surface area (Å²) < 4.78 is 8.63. The van der Waals surface area contributed by atoms with Gasteiger partial charge in [0.2, 0.25) is 0 Å². The van der Waals surface area contributed by atoms with Gasteiger partial charge in [0.1, 0.15) is 8.25 Å². The van der Waals surface area contributed by atoms with Gasteiger partial charge in [0.25, 0.3) is 0 Å². The summed E-state index contributed by atoms with van der Waals surface area (Å²) in [6.45, 7) is 6.92. The molecule has 0 saturated carbocycles. The molecule has 3 N–H and O–H groups in total. The predicted molar refractivity (Wildman–Crippen MR) is 67.2 cm³/mol. The fourth-order valence-electron chi connectivity index (χ4n) is 1.28. The molecule has 16 heavy (non-hydrogen) atoms. The molecule has 0 aliphatic rings. The summed E-state index contributed by atoms with van der Waals surface area (Å²) in [5.41, 5.74) is 0. The average molecular weight is 298 g/mol. The molecule has 0 aromatic rings. The van der Waals surface area contributed by atoms with Gasteiger partial charge in [0.05, 0.1) is 0 Å². The molecule has 0 rings (SSSR count). The van der Waals surface area contributed by atoms with Crippen LogP contribution in [-0.4, -0.2) is 28.9 Å². The molecule has 0 spiro atoms. The van der Waals surface area contributed by atoms with E-state index in [1.165, 1.54) is 37.7 Å². The number of rotatable bonds is 6. The van der Waals surface area contributed by atoms with Crippen molar-refractivity contribution < 1.29 is 71.2 Å². The van der Waals surface area contributed by atoms with Gasteiger partial charge in [-0.2, -0.15) is 0 Å². The van der Waals surface area contributed by atoms with Crippen molar-refractivity contribution in [3.8, 4) is 0 Å². The second kappa shape index (κ2) is 22.4. The van der Waals surface area contributed by atoms with Crippen molar-refractivity contribution in [2.24, 2.45) is 0 Å². The zero-order valence-corrected chi connectivity index (χ0v) is 16.0. The third-order valence-electron chi connectivity index (χ3n) is 1.62. The first-order valence-corrected chi connectivity index (χ1v) is 8.36. The normalized spacial score (nSPS) is 10.6. The fraction of sp³-hybridized carbons (Fsp3) is 1.00. The van der Waals surface area contributed by atoms with Crippen molar-refractivity contribution in [1.29, 1.82) is 0 Å². The van der Waals surface area contributed by atoms with Crippen LogP contribution in [0.2, 0.25) is 0 Å². The maximum atomic E-state index is 8.63. The number of hydrogen-bond donors (Lipinski definition) is 1. The first-order valence-electron chi connectivity index (χ1n) is 5.20. The van der Waals surface area contributed by atoms with E-state index in [2.05, 4.69) is 20.8 Å². The molecule has 0 fully saturated rings.